The molecule has 0 radical (unpaired) electrons. The lowest BCUT2D eigenvalue weighted by molar-refractivity contribution is 0.0594. The lowest BCUT2D eigenvalue weighted by Gasteiger charge is -2.20. The molecule has 0 aliphatic rings. The van der Waals surface area contributed by atoms with Gasteiger partial charge in [-0.3, -0.25) is 0 Å². The molecule has 19 heavy (non-hydrogen) atoms. The molecule has 0 saturated heterocycles. The van der Waals surface area contributed by atoms with E-state index in [9.17, 15) is 4.79 Å². The van der Waals surface area contributed by atoms with Crippen molar-refractivity contribution in [2.45, 2.75) is 6.92 Å². The van der Waals surface area contributed by atoms with Crippen molar-refractivity contribution in [3.8, 4) is 0 Å². The van der Waals surface area contributed by atoms with Gasteiger partial charge >= 0.3 is 5.97 Å². The van der Waals surface area contributed by atoms with Crippen LogP contribution in [0.25, 0.3) is 0 Å². The van der Waals surface area contributed by atoms with E-state index in [-0.39, 0.29) is 0 Å². The normalized spacial score (nSPS) is 10.5. The van der Waals surface area contributed by atoms with E-state index in [2.05, 4.69) is 4.98 Å². The van der Waals surface area contributed by atoms with E-state index in [4.69, 9.17) is 14.2 Å². The van der Waals surface area contributed by atoms with E-state index in [0.717, 1.165) is 10.0 Å². The molecule has 108 valence electrons. The number of aryl methyl sites for hydroxylation is 1. The second-order valence-electron chi connectivity index (χ2n) is 3.87. The quantitative estimate of drug-likeness (QED) is 0.673. The standard InChI is InChI=1S/C12H20N2O4S/c1-9-10(11(15)18-4)13-12(19-9)14(5-7-16-2)6-8-17-3/h5-8H2,1-4H3. The highest BCUT2D eigenvalue weighted by Gasteiger charge is 2.19. The molecule has 0 amide bonds. The molecule has 0 aromatic carbocycles. The molecule has 0 saturated carbocycles. The molecule has 0 aliphatic carbocycles. The van der Waals surface area contributed by atoms with Crippen molar-refractivity contribution >= 4 is 22.4 Å². The second-order valence-corrected chi connectivity index (χ2v) is 5.05. The van der Waals surface area contributed by atoms with Crippen molar-refractivity contribution in [1.29, 1.82) is 0 Å². The van der Waals surface area contributed by atoms with E-state index in [1.165, 1.54) is 18.4 Å². The molecular weight excluding hydrogens is 268 g/mol. The lowest BCUT2D eigenvalue weighted by Crippen LogP contribution is -2.30. The van der Waals surface area contributed by atoms with Crippen LogP contribution in [0.3, 0.4) is 0 Å². The molecule has 6 nitrogen and oxygen atoms in total. The fourth-order valence-corrected chi connectivity index (χ4v) is 2.46. The highest BCUT2D eigenvalue weighted by Crippen LogP contribution is 2.26. The molecule has 0 fully saturated rings. The summed E-state index contributed by atoms with van der Waals surface area (Å²) in [5, 5.41) is 0.784. The number of anilines is 1. The van der Waals surface area contributed by atoms with Crippen molar-refractivity contribution in [3.05, 3.63) is 10.6 Å². The van der Waals surface area contributed by atoms with Crippen LogP contribution in [0.1, 0.15) is 15.4 Å². The molecule has 1 heterocycles. The highest BCUT2D eigenvalue weighted by atomic mass is 32.1. The molecule has 0 aliphatic heterocycles. The van der Waals surface area contributed by atoms with Crippen LogP contribution < -0.4 is 4.90 Å². The minimum absolute atomic E-state index is 0.377. The molecule has 1 rings (SSSR count). The van der Waals surface area contributed by atoms with E-state index < -0.39 is 5.97 Å². The molecule has 0 bridgehead atoms. The average Bonchev–Trinajstić information content (AvgIpc) is 2.80. The maximum absolute atomic E-state index is 11.6. The Balaban J connectivity index is 2.85. The van der Waals surface area contributed by atoms with Crippen molar-refractivity contribution in [2.75, 3.05) is 52.5 Å². The lowest BCUT2D eigenvalue weighted by atomic mass is 10.4. The molecule has 1 aromatic rings. The Morgan fingerprint density at radius 1 is 1.21 bits per heavy atom. The van der Waals surface area contributed by atoms with Gasteiger partial charge in [0.15, 0.2) is 10.8 Å². The number of nitrogens with zero attached hydrogens (tertiary/aromatic N) is 2. The van der Waals surface area contributed by atoms with Crippen LogP contribution in [-0.4, -0.2) is 58.6 Å². The number of hydrogen-bond acceptors (Lipinski definition) is 7. The number of hydrogen-bond donors (Lipinski definition) is 0. The smallest absolute Gasteiger partial charge is 0.357 e. The number of methoxy groups -OCH3 is 3. The second kappa shape index (κ2) is 8.08. The number of carbonyl (C=O) groups excluding carboxylic acids is 1. The Hall–Kier alpha value is -1.18. The third-order valence-corrected chi connectivity index (χ3v) is 3.60. The summed E-state index contributed by atoms with van der Waals surface area (Å²) in [5.74, 6) is -0.404. The van der Waals surface area contributed by atoms with Crippen LogP contribution in [0.5, 0.6) is 0 Å². The number of ether oxygens (including phenoxy) is 3. The number of rotatable bonds is 8. The molecular formula is C12H20N2O4S. The molecule has 1 aromatic heterocycles. The minimum atomic E-state index is -0.404. The van der Waals surface area contributed by atoms with Crippen LogP contribution >= 0.6 is 11.3 Å². The van der Waals surface area contributed by atoms with Gasteiger partial charge in [0, 0.05) is 32.2 Å². The fraction of sp³-hybridized carbons (Fsp3) is 0.667. The Morgan fingerprint density at radius 2 is 1.79 bits per heavy atom. The molecule has 0 atom stereocenters. The zero-order valence-electron chi connectivity index (χ0n) is 11.8. The third-order valence-electron chi connectivity index (χ3n) is 2.57. The van der Waals surface area contributed by atoms with E-state index in [1.807, 2.05) is 11.8 Å². The Bertz CT molecular complexity index is 400. The van der Waals surface area contributed by atoms with Crippen molar-refractivity contribution in [3.63, 3.8) is 0 Å². The van der Waals surface area contributed by atoms with Gasteiger partial charge in [0.05, 0.1) is 20.3 Å². The fourth-order valence-electron chi connectivity index (χ4n) is 1.51. The van der Waals surface area contributed by atoms with Crippen LogP contribution in [0.4, 0.5) is 5.13 Å². The first kappa shape index (κ1) is 15.9. The van der Waals surface area contributed by atoms with Gasteiger partial charge in [-0.05, 0) is 6.92 Å². The summed E-state index contributed by atoms with van der Waals surface area (Å²) >= 11 is 1.47. The summed E-state index contributed by atoms with van der Waals surface area (Å²) < 4.78 is 14.9. The van der Waals surface area contributed by atoms with E-state index in [0.29, 0.717) is 32.0 Å². The van der Waals surface area contributed by atoms with Gasteiger partial charge < -0.3 is 19.1 Å². The zero-order chi connectivity index (χ0) is 14.3. The summed E-state index contributed by atoms with van der Waals surface area (Å²) in [4.78, 5) is 18.8. The van der Waals surface area contributed by atoms with Gasteiger partial charge in [-0.25, -0.2) is 9.78 Å². The molecule has 0 unspecified atom stereocenters. The minimum Gasteiger partial charge on any atom is -0.464 e. The first-order chi connectivity index (χ1) is 9.13. The maximum atomic E-state index is 11.6. The highest BCUT2D eigenvalue weighted by molar-refractivity contribution is 7.15. The Kier molecular flexibility index (Phi) is 6.75. The van der Waals surface area contributed by atoms with Crippen LogP contribution in [0, 0.1) is 6.92 Å². The van der Waals surface area contributed by atoms with E-state index >= 15 is 0 Å². The zero-order valence-corrected chi connectivity index (χ0v) is 12.6. The third kappa shape index (κ3) is 4.45. The van der Waals surface area contributed by atoms with E-state index in [1.54, 1.807) is 14.2 Å². The summed E-state index contributed by atoms with van der Waals surface area (Å²) in [7, 11) is 4.66. The van der Waals surface area contributed by atoms with Crippen molar-refractivity contribution in [1.82, 2.24) is 4.98 Å². The van der Waals surface area contributed by atoms with Gasteiger partial charge in [-0.15, -0.1) is 11.3 Å². The van der Waals surface area contributed by atoms with Crippen LogP contribution in [0.15, 0.2) is 0 Å². The maximum Gasteiger partial charge on any atom is 0.357 e. The van der Waals surface area contributed by atoms with Crippen LogP contribution in [-0.2, 0) is 14.2 Å². The van der Waals surface area contributed by atoms with Gasteiger partial charge in [0.1, 0.15) is 0 Å². The average molecular weight is 288 g/mol. The SMILES string of the molecule is COCCN(CCOC)c1nc(C(=O)OC)c(C)s1. The molecule has 7 heteroatoms. The van der Waals surface area contributed by atoms with Gasteiger partial charge in [-0.2, -0.15) is 0 Å². The largest absolute Gasteiger partial charge is 0.464 e. The topological polar surface area (TPSA) is 60.9 Å². The van der Waals surface area contributed by atoms with Crippen LogP contribution in [0.2, 0.25) is 0 Å². The first-order valence-corrected chi connectivity index (χ1v) is 6.74. The monoisotopic (exact) mass is 288 g/mol. The summed E-state index contributed by atoms with van der Waals surface area (Å²) in [6, 6.07) is 0. The number of aromatic nitrogens is 1. The predicted molar refractivity (Wildman–Crippen MR) is 74.2 cm³/mol. The number of esters is 1. The summed E-state index contributed by atoms with van der Waals surface area (Å²) in [6.07, 6.45) is 0. The molecule has 0 N–H and O–H groups in total. The van der Waals surface area contributed by atoms with Gasteiger partial charge in [0.25, 0.3) is 0 Å². The predicted octanol–water partition coefficient (Wildman–Crippen LogP) is 1.34. The number of carbonyl (C=O) groups is 1. The van der Waals surface area contributed by atoms with Crippen molar-refractivity contribution < 1.29 is 19.0 Å². The number of thiazole rings is 1. The Morgan fingerprint density at radius 3 is 2.26 bits per heavy atom. The Labute approximate surface area is 117 Å². The van der Waals surface area contributed by atoms with Gasteiger partial charge in [-0.1, -0.05) is 0 Å². The summed E-state index contributed by atoms with van der Waals surface area (Å²) in [5.41, 5.74) is 0.377. The molecule has 0 spiro atoms. The summed E-state index contributed by atoms with van der Waals surface area (Å²) in [6.45, 7) is 4.45. The first-order valence-electron chi connectivity index (χ1n) is 5.92. The van der Waals surface area contributed by atoms with Gasteiger partial charge in [0.2, 0.25) is 0 Å². The van der Waals surface area contributed by atoms with Crippen molar-refractivity contribution in [2.24, 2.45) is 0 Å².